The van der Waals surface area contributed by atoms with E-state index in [1.165, 1.54) is 5.69 Å². The van der Waals surface area contributed by atoms with E-state index in [9.17, 15) is 0 Å². The molecule has 0 unspecified atom stereocenters. The minimum Gasteiger partial charge on any atom is -0.382 e. The average molecular weight is 231 g/mol. The molecule has 1 aromatic rings. The van der Waals surface area contributed by atoms with Crippen LogP contribution in [0.15, 0.2) is 24.3 Å². The van der Waals surface area contributed by atoms with Crippen molar-refractivity contribution in [2.75, 3.05) is 43.1 Å². The molecule has 90 valence electrons. The monoisotopic (exact) mass is 231 g/mol. The van der Waals surface area contributed by atoms with E-state index in [2.05, 4.69) is 28.4 Å². The molecule has 2 rings (SSSR count). The van der Waals surface area contributed by atoms with Crippen molar-refractivity contribution in [2.45, 2.75) is 6.42 Å². The molecule has 0 saturated carbocycles. The molecule has 4 heteroatoms. The molecular formula is C13H17N3O. The van der Waals surface area contributed by atoms with Crippen LogP contribution in [0.25, 0.3) is 0 Å². The lowest BCUT2D eigenvalue weighted by Crippen LogP contribution is -2.36. The van der Waals surface area contributed by atoms with E-state index in [1.807, 2.05) is 12.1 Å². The van der Waals surface area contributed by atoms with Gasteiger partial charge >= 0.3 is 0 Å². The number of morpholine rings is 1. The van der Waals surface area contributed by atoms with Crippen LogP contribution in [0.4, 0.5) is 11.4 Å². The molecule has 1 aliphatic heterocycles. The van der Waals surface area contributed by atoms with Crippen LogP contribution in [-0.2, 0) is 4.74 Å². The van der Waals surface area contributed by atoms with Gasteiger partial charge in [-0.15, -0.1) is 0 Å². The number of nitriles is 1. The van der Waals surface area contributed by atoms with Crippen LogP contribution in [0.2, 0.25) is 0 Å². The summed E-state index contributed by atoms with van der Waals surface area (Å²) in [6, 6.07) is 10.4. The Morgan fingerprint density at radius 1 is 1.29 bits per heavy atom. The highest BCUT2D eigenvalue weighted by Gasteiger charge is 2.13. The van der Waals surface area contributed by atoms with Gasteiger partial charge < -0.3 is 15.0 Å². The lowest BCUT2D eigenvalue weighted by Gasteiger charge is -2.30. The van der Waals surface area contributed by atoms with Crippen LogP contribution in [0.1, 0.15) is 6.42 Å². The number of rotatable bonds is 4. The van der Waals surface area contributed by atoms with Crippen molar-refractivity contribution < 1.29 is 4.74 Å². The molecule has 0 atom stereocenters. The maximum atomic E-state index is 8.55. The number of benzene rings is 1. The second-order valence-electron chi connectivity index (χ2n) is 3.95. The predicted octanol–water partition coefficient (Wildman–Crippen LogP) is 1.85. The Balaban J connectivity index is 2.06. The van der Waals surface area contributed by atoms with E-state index in [0.717, 1.165) is 32.0 Å². The Morgan fingerprint density at radius 2 is 2.06 bits per heavy atom. The molecule has 0 amide bonds. The van der Waals surface area contributed by atoms with Crippen LogP contribution < -0.4 is 10.2 Å². The molecule has 0 aliphatic carbocycles. The first-order valence-corrected chi connectivity index (χ1v) is 5.94. The molecule has 1 aliphatic rings. The fourth-order valence-corrected chi connectivity index (χ4v) is 1.96. The maximum Gasteiger partial charge on any atom is 0.0642 e. The highest BCUT2D eigenvalue weighted by Crippen LogP contribution is 2.26. The molecular weight excluding hydrogens is 214 g/mol. The van der Waals surface area contributed by atoms with Crippen molar-refractivity contribution in [3.63, 3.8) is 0 Å². The summed E-state index contributed by atoms with van der Waals surface area (Å²) >= 11 is 0. The lowest BCUT2D eigenvalue weighted by atomic mass is 10.2. The second kappa shape index (κ2) is 6.12. The Morgan fingerprint density at radius 3 is 2.82 bits per heavy atom. The van der Waals surface area contributed by atoms with Gasteiger partial charge in [0.25, 0.3) is 0 Å². The van der Waals surface area contributed by atoms with Crippen LogP contribution >= 0.6 is 0 Å². The van der Waals surface area contributed by atoms with Gasteiger partial charge in [0, 0.05) is 19.6 Å². The largest absolute Gasteiger partial charge is 0.382 e. The van der Waals surface area contributed by atoms with E-state index in [0.29, 0.717) is 13.0 Å². The summed E-state index contributed by atoms with van der Waals surface area (Å²) in [7, 11) is 0. The quantitative estimate of drug-likeness (QED) is 0.803. The fraction of sp³-hybridized carbons (Fsp3) is 0.462. The number of anilines is 2. The third-order valence-electron chi connectivity index (χ3n) is 2.81. The lowest BCUT2D eigenvalue weighted by molar-refractivity contribution is 0.123. The SMILES string of the molecule is N#CCCNc1ccccc1N1CCOCC1. The first-order chi connectivity index (χ1) is 8.42. The number of hydrogen-bond acceptors (Lipinski definition) is 4. The normalized spacial score (nSPS) is 15.4. The number of hydrogen-bond donors (Lipinski definition) is 1. The van der Waals surface area contributed by atoms with Gasteiger partial charge in [-0.25, -0.2) is 0 Å². The topological polar surface area (TPSA) is 48.3 Å². The molecule has 0 radical (unpaired) electrons. The summed E-state index contributed by atoms with van der Waals surface area (Å²) in [6.45, 7) is 4.12. The van der Waals surface area contributed by atoms with Gasteiger partial charge in [-0.3, -0.25) is 0 Å². The average Bonchev–Trinajstić information content (AvgIpc) is 2.41. The van der Waals surface area contributed by atoms with E-state index in [-0.39, 0.29) is 0 Å². The van der Waals surface area contributed by atoms with Gasteiger partial charge in [0.2, 0.25) is 0 Å². The summed E-state index contributed by atoms with van der Waals surface area (Å²) in [4.78, 5) is 2.32. The Bertz CT molecular complexity index is 394. The van der Waals surface area contributed by atoms with Gasteiger partial charge in [-0.05, 0) is 12.1 Å². The summed E-state index contributed by atoms with van der Waals surface area (Å²) in [5.41, 5.74) is 2.30. The molecule has 0 bridgehead atoms. The number of nitrogens with one attached hydrogen (secondary N) is 1. The highest BCUT2D eigenvalue weighted by atomic mass is 16.5. The van der Waals surface area contributed by atoms with Crippen molar-refractivity contribution in [3.8, 4) is 6.07 Å². The summed E-state index contributed by atoms with van der Waals surface area (Å²) in [5, 5.41) is 11.9. The smallest absolute Gasteiger partial charge is 0.0642 e. The van der Waals surface area contributed by atoms with Gasteiger partial charge in [-0.1, -0.05) is 12.1 Å². The second-order valence-corrected chi connectivity index (χ2v) is 3.95. The summed E-state index contributed by atoms with van der Waals surface area (Å²) < 4.78 is 5.35. The van der Waals surface area contributed by atoms with E-state index in [1.54, 1.807) is 0 Å². The van der Waals surface area contributed by atoms with Gasteiger partial charge in [0.1, 0.15) is 0 Å². The van der Waals surface area contributed by atoms with Crippen LogP contribution in [0.5, 0.6) is 0 Å². The van der Waals surface area contributed by atoms with Gasteiger partial charge in [-0.2, -0.15) is 5.26 Å². The van der Waals surface area contributed by atoms with Crippen LogP contribution in [0.3, 0.4) is 0 Å². The fourth-order valence-electron chi connectivity index (χ4n) is 1.96. The molecule has 1 saturated heterocycles. The van der Waals surface area contributed by atoms with Crippen molar-refractivity contribution in [2.24, 2.45) is 0 Å². The Kier molecular flexibility index (Phi) is 4.23. The van der Waals surface area contributed by atoms with E-state index < -0.39 is 0 Å². The molecule has 1 heterocycles. The van der Waals surface area contributed by atoms with Crippen molar-refractivity contribution in [3.05, 3.63) is 24.3 Å². The zero-order valence-electron chi connectivity index (χ0n) is 9.85. The molecule has 0 spiro atoms. The molecule has 17 heavy (non-hydrogen) atoms. The molecule has 1 aromatic carbocycles. The first-order valence-electron chi connectivity index (χ1n) is 5.94. The first kappa shape index (κ1) is 11.7. The molecule has 1 fully saturated rings. The third-order valence-corrected chi connectivity index (χ3v) is 2.81. The summed E-state index contributed by atoms with van der Waals surface area (Å²) in [5.74, 6) is 0. The zero-order chi connectivity index (χ0) is 11.9. The van der Waals surface area contributed by atoms with Crippen LogP contribution in [-0.4, -0.2) is 32.8 Å². The highest BCUT2D eigenvalue weighted by molar-refractivity contribution is 5.70. The van der Waals surface area contributed by atoms with Gasteiger partial charge in [0.15, 0.2) is 0 Å². The van der Waals surface area contributed by atoms with E-state index in [4.69, 9.17) is 10.00 Å². The zero-order valence-corrected chi connectivity index (χ0v) is 9.85. The number of nitrogens with zero attached hydrogens (tertiary/aromatic N) is 2. The minimum absolute atomic E-state index is 0.525. The van der Waals surface area contributed by atoms with Crippen molar-refractivity contribution in [1.29, 1.82) is 5.26 Å². The van der Waals surface area contributed by atoms with Gasteiger partial charge in [0.05, 0.1) is 37.1 Å². The maximum absolute atomic E-state index is 8.55. The van der Waals surface area contributed by atoms with E-state index >= 15 is 0 Å². The number of ether oxygens (including phenoxy) is 1. The third kappa shape index (κ3) is 3.11. The van der Waals surface area contributed by atoms with Crippen molar-refractivity contribution in [1.82, 2.24) is 0 Å². The Hall–Kier alpha value is -1.73. The van der Waals surface area contributed by atoms with Crippen molar-refractivity contribution >= 4 is 11.4 Å². The molecule has 4 nitrogen and oxygen atoms in total. The minimum atomic E-state index is 0.525. The molecule has 0 aromatic heterocycles. The predicted molar refractivity (Wildman–Crippen MR) is 68.2 cm³/mol. The summed E-state index contributed by atoms with van der Waals surface area (Å²) in [6.07, 6.45) is 0.525. The van der Waals surface area contributed by atoms with Crippen LogP contribution in [0, 0.1) is 11.3 Å². The number of para-hydroxylation sites is 2. The Labute approximate surface area is 102 Å². The molecule has 1 N–H and O–H groups in total. The standard InChI is InChI=1S/C13H17N3O/c14-6-3-7-15-12-4-1-2-5-13(12)16-8-10-17-11-9-16/h1-2,4-5,15H,3,7-11H2.